The van der Waals surface area contributed by atoms with Gasteiger partial charge in [0.15, 0.2) is 12.1 Å². The number of fused-ring (bicyclic) bond motifs is 4. The zero-order chi connectivity index (χ0) is 23.2. The Bertz CT molecular complexity index is 1700. The molecule has 0 fully saturated rings. The molecule has 2 heterocycles. The summed E-state index contributed by atoms with van der Waals surface area (Å²) in [6, 6.07) is 39.2. The van der Waals surface area contributed by atoms with E-state index in [4.69, 9.17) is 14.7 Å². The minimum Gasteiger partial charge on any atom is -0.464 e. The molecule has 0 saturated carbocycles. The van der Waals surface area contributed by atoms with Crippen molar-refractivity contribution in [2.24, 2.45) is 0 Å². The number of nitrogens with zero attached hydrogens (tertiary/aromatic N) is 2. The van der Waals surface area contributed by atoms with Gasteiger partial charge < -0.3 is 10.1 Å². The van der Waals surface area contributed by atoms with Crippen LogP contribution in [-0.4, -0.2) is 9.97 Å². The van der Waals surface area contributed by atoms with E-state index in [-0.39, 0.29) is 6.23 Å². The van der Waals surface area contributed by atoms with Gasteiger partial charge in [-0.25, -0.2) is 9.97 Å². The van der Waals surface area contributed by atoms with E-state index in [0.717, 1.165) is 61.3 Å². The maximum atomic E-state index is 6.19. The number of benzene rings is 5. The lowest BCUT2D eigenvalue weighted by Crippen LogP contribution is -2.09. The normalized spacial score (nSPS) is 14.5. The van der Waals surface area contributed by atoms with Crippen LogP contribution in [0.1, 0.15) is 11.8 Å². The minimum atomic E-state index is -0.186. The van der Waals surface area contributed by atoms with Gasteiger partial charge in [-0.2, -0.15) is 0 Å². The number of nitrogens with one attached hydrogen (secondary N) is 1. The molecule has 5 aromatic carbocycles. The van der Waals surface area contributed by atoms with E-state index in [1.807, 2.05) is 60.7 Å². The van der Waals surface area contributed by atoms with Crippen LogP contribution in [0.5, 0.6) is 5.75 Å². The molecule has 0 bridgehead atoms. The molecule has 1 N–H and O–H groups in total. The number of anilines is 1. The van der Waals surface area contributed by atoms with Crippen molar-refractivity contribution in [3.63, 3.8) is 0 Å². The minimum absolute atomic E-state index is 0.186. The molecule has 1 aliphatic rings. The predicted molar refractivity (Wildman–Crippen MR) is 141 cm³/mol. The maximum Gasteiger partial charge on any atom is 0.196 e. The fourth-order valence-electron chi connectivity index (χ4n) is 4.78. The van der Waals surface area contributed by atoms with Crippen LogP contribution in [0.15, 0.2) is 115 Å². The Morgan fingerprint density at radius 3 is 2.26 bits per heavy atom. The molecule has 0 aliphatic carbocycles. The molecule has 4 heteroatoms. The number of hydrogen-bond acceptors (Lipinski definition) is 4. The Morgan fingerprint density at radius 2 is 1.40 bits per heavy atom. The van der Waals surface area contributed by atoms with E-state index in [0.29, 0.717) is 0 Å². The second-order valence-corrected chi connectivity index (χ2v) is 8.71. The first-order chi connectivity index (χ1) is 17.3. The third-order valence-electron chi connectivity index (χ3n) is 6.51. The smallest absolute Gasteiger partial charge is 0.196 e. The standard InChI is InChI=1S/C31H21N3O/c1-3-9-20(10-4-1)28-25-13-7-8-14-26(25)32-30(33-28)23-15-17-24-22(19-23)16-18-27-29(24)34-31(35-27)21-11-5-2-6-12-21/h1-19,31,34H. The van der Waals surface area contributed by atoms with Gasteiger partial charge in [-0.1, -0.05) is 97.1 Å². The largest absolute Gasteiger partial charge is 0.464 e. The Kier molecular flexibility index (Phi) is 4.49. The average Bonchev–Trinajstić information content (AvgIpc) is 3.38. The molecule has 0 amide bonds. The van der Waals surface area contributed by atoms with E-state index in [2.05, 4.69) is 59.9 Å². The average molecular weight is 452 g/mol. The first-order valence-corrected chi connectivity index (χ1v) is 11.7. The van der Waals surface area contributed by atoms with Crippen LogP contribution in [0.2, 0.25) is 0 Å². The van der Waals surface area contributed by atoms with Gasteiger partial charge in [0, 0.05) is 27.5 Å². The zero-order valence-electron chi connectivity index (χ0n) is 18.8. The molecule has 35 heavy (non-hydrogen) atoms. The van der Waals surface area contributed by atoms with E-state index in [9.17, 15) is 0 Å². The molecule has 1 atom stereocenters. The van der Waals surface area contributed by atoms with Crippen molar-refractivity contribution < 1.29 is 4.74 Å². The molecule has 7 rings (SSSR count). The summed E-state index contributed by atoms with van der Waals surface area (Å²) >= 11 is 0. The van der Waals surface area contributed by atoms with E-state index < -0.39 is 0 Å². The fourth-order valence-corrected chi connectivity index (χ4v) is 4.78. The van der Waals surface area contributed by atoms with Crippen LogP contribution in [0.3, 0.4) is 0 Å². The number of para-hydroxylation sites is 1. The zero-order valence-corrected chi connectivity index (χ0v) is 18.8. The first kappa shape index (κ1) is 19.7. The summed E-state index contributed by atoms with van der Waals surface area (Å²) in [5.74, 6) is 1.59. The second kappa shape index (κ2) is 7.96. The Morgan fingerprint density at radius 1 is 0.629 bits per heavy atom. The van der Waals surface area contributed by atoms with Crippen molar-refractivity contribution in [2.75, 3.05) is 5.32 Å². The summed E-state index contributed by atoms with van der Waals surface area (Å²) in [7, 11) is 0. The van der Waals surface area contributed by atoms with Crippen molar-refractivity contribution in [1.82, 2.24) is 9.97 Å². The van der Waals surface area contributed by atoms with Crippen LogP contribution >= 0.6 is 0 Å². The molecule has 0 saturated heterocycles. The van der Waals surface area contributed by atoms with Crippen molar-refractivity contribution in [3.8, 4) is 28.4 Å². The van der Waals surface area contributed by atoms with Gasteiger partial charge in [0.25, 0.3) is 0 Å². The summed E-state index contributed by atoms with van der Waals surface area (Å²) in [5, 5.41) is 6.84. The predicted octanol–water partition coefficient (Wildman–Crippen LogP) is 7.62. The van der Waals surface area contributed by atoms with Crippen LogP contribution in [0.25, 0.3) is 44.3 Å². The third-order valence-corrected chi connectivity index (χ3v) is 6.51. The molecule has 0 radical (unpaired) electrons. The lowest BCUT2D eigenvalue weighted by atomic mass is 10.0. The molecule has 6 aromatic rings. The Hall–Kier alpha value is -4.70. The van der Waals surface area contributed by atoms with Crippen molar-refractivity contribution >= 4 is 27.4 Å². The summed E-state index contributed by atoms with van der Waals surface area (Å²) in [6.07, 6.45) is -0.186. The number of aromatic nitrogens is 2. The molecule has 1 aromatic heterocycles. The van der Waals surface area contributed by atoms with Gasteiger partial charge in [-0.15, -0.1) is 0 Å². The summed E-state index contributed by atoms with van der Waals surface area (Å²) in [5.41, 5.74) is 6.07. The van der Waals surface area contributed by atoms with Gasteiger partial charge in [0.1, 0.15) is 5.75 Å². The highest BCUT2D eigenvalue weighted by atomic mass is 16.5. The third kappa shape index (κ3) is 3.39. The van der Waals surface area contributed by atoms with E-state index in [1.165, 1.54) is 0 Å². The van der Waals surface area contributed by atoms with E-state index >= 15 is 0 Å². The highest BCUT2D eigenvalue weighted by Crippen LogP contribution is 2.43. The summed E-state index contributed by atoms with van der Waals surface area (Å²) < 4.78 is 6.19. The molecule has 1 unspecified atom stereocenters. The quantitative estimate of drug-likeness (QED) is 0.301. The van der Waals surface area contributed by atoms with Gasteiger partial charge in [-0.3, -0.25) is 0 Å². The summed E-state index contributed by atoms with van der Waals surface area (Å²) in [6.45, 7) is 0. The SMILES string of the molecule is c1ccc(-c2nc(-c3ccc4c5c(ccc4c3)OC(c3ccccc3)N5)nc3ccccc23)cc1. The van der Waals surface area contributed by atoms with Gasteiger partial charge >= 0.3 is 0 Å². The van der Waals surface area contributed by atoms with Gasteiger partial charge in [0.05, 0.1) is 16.9 Å². The summed E-state index contributed by atoms with van der Waals surface area (Å²) in [4.78, 5) is 9.93. The van der Waals surface area contributed by atoms with Crippen LogP contribution in [0.4, 0.5) is 5.69 Å². The number of hydrogen-bond donors (Lipinski definition) is 1. The van der Waals surface area contributed by atoms with Crippen molar-refractivity contribution in [2.45, 2.75) is 6.23 Å². The highest BCUT2D eigenvalue weighted by molar-refractivity contribution is 6.00. The molecular weight excluding hydrogens is 430 g/mol. The molecule has 166 valence electrons. The van der Waals surface area contributed by atoms with Gasteiger partial charge in [0.2, 0.25) is 0 Å². The molecule has 1 aliphatic heterocycles. The highest BCUT2D eigenvalue weighted by Gasteiger charge is 2.25. The second-order valence-electron chi connectivity index (χ2n) is 8.71. The maximum absolute atomic E-state index is 6.19. The molecular formula is C31H21N3O. The number of rotatable bonds is 3. The molecule has 4 nitrogen and oxygen atoms in total. The fraction of sp³-hybridized carbons (Fsp3) is 0.0323. The number of ether oxygens (including phenoxy) is 1. The topological polar surface area (TPSA) is 47.0 Å². The van der Waals surface area contributed by atoms with E-state index in [1.54, 1.807) is 0 Å². The van der Waals surface area contributed by atoms with Crippen molar-refractivity contribution in [3.05, 3.63) is 121 Å². The Labute approximate surface area is 202 Å². The monoisotopic (exact) mass is 451 g/mol. The first-order valence-electron chi connectivity index (χ1n) is 11.7. The van der Waals surface area contributed by atoms with Crippen LogP contribution in [0, 0.1) is 0 Å². The van der Waals surface area contributed by atoms with Gasteiger partial charge in [-0.05, 0) is 23.6 Å². The van der Waals surface area contributed by atoms with Crippen LogP contribution in [-0.2, 0) is 0 Å². The van der Waals surface area contributed by atoms with Crippen LogP contribution < -0.4 is 10.1 Å². The lowest BCUT2D eigenvalue weighted by Gasteiger charge is -2.11. The Balaban J connectivity index is 1.33. The van der Waals surface area contributed by atoms with Crippen molar-refractivity contribution in [1.29, 1.82) is 0 Å². The lowest BCUT2D eigenvalue weighted by molar-refractivity contribution is 0.260. The molecule has 0 spiro atoms.